The lowest BCUT2D eigenvalue weighted by molar-refractivity contribution is -0.136. The van der Waals surface area contributed by atoms with Crippen LogP contribution in [0.15, 0.2) is 64.6 Å². The number of ether oxygens (including phenoxy) is 1. The number of fused-ring (bicyclic) bond motifs is 4. The lowest BCUT2D eigenvalue weighted by Crippen LogP contribution is -2.52. The number of aliphatic imine (C=N–C) groups is 2. The fourth-order valence-electron chi connectivity index (χ4n) is 10.2. The first-order valence-electron chi connectivity index (χ1n) is 22.0. The Labute approximate surface area is 353 Å². The zero-order valence-corrected chi connectivity index (χ0v) is 35.7. The first-order valence-corrected chi connectivity index (χ1v) is 22.0. The minimum atomic E-state index is -1.36. The molecule has 4 aliphatic heterocycles. The molecule has 0 bridgehead atoms. The molecule has 1 saturated carbocycles. The number of imide groups is 1. The van der Waals surface area contributed by atoms with E-state index in [4.69, 9.17) is 9.73 Å². The fourth-order valence-corrected chi connectivity index (χ4v) is 10.2. The largest absolute Gasteiger partial charge is 0.378 e. The number of carbonyl (C=O) groups is 3. The van der Waals surface area contributed by atoms with Crippen LogP contribution in [0.5, 0.6) is 0 Å². The second-order valence-corrected chi connectivity index (χ2v) is 18.1. The molecule has 2 saturated heterocycles. The molecule has 3 fully saturated rings. The molecule has 5 heterocycles. The summed E-state index contributed by atoms with van der Waals surface area (Å²) in [5, 5.41) is 3.60. The summed E-state index contributed by atoms with van der Waals surface area (Å²) < 4.78 is 21.6. The molecular formula is C47H61FN8O4. The number of halogens is 1. The van der Waals surface area contributed by atoms with Gasteiger partial charge in [-0.05, 0) is 107 Å². The van der Waals surface area contributed by atoms with Gasteiger partial charge in [0, 0.05) is 112 Å². The van der Waals surface area contributed by atoms with Gasteiger partial charge in [0.1, 0.15) is 17.5 Å². The Morgan fingerprint density at radius 3 is 2.53 bits per heavy atom. The number of aromatic nitrogens is 1. The number of carbonyl (C=O) groups excluding carboxylic acids is 3. The van der Waals surface area contributed by atoms with Gasteiger partial charge in [-0.1, -0.05) is 24.8 Å². The van der Waals surface area contributed by atoms with Crippen molar-refractivity contribution < 1.29 is 23.5 Å². The second-order valence-electron chi connectivity index (χ2n) is 18.1. The number of anilines is 1. The lowest BCUT2D eigenvalue weighted by atomic mass is 9.86. The van der Waals surface area contributed by atoms with Gasteiger partial charge < -0.3 is 19.5 Å². The molecule has 3 aromatic rings. The maximum atomic E-state index is 15.2. The number of amidine groups is 1. The third-order valence-electron chi connectivity index (χ3n) is 13.3. The number of nitrogens with one attached hydrogen (secondary N) is 2. The van der Waals surface area contributed by atoms with Crippen molar-refractivity contribution in [3.05, 3.63) is 77.0 Å². The number of hydrogen-bond acceptors (Lipinski definition) is 8. The van der Waals surface area contributed by atoms with E-state index in [0.29, 0.717) is 25.1 Å². The summed E-state index contributed by atoms with van der Waals surface area (Å²) >= 11 is 0. The van der Waals surface area contributed by atoms with Crippen LogP contribution in [0.4, 0.5) is 10.1 Å². The smallest absolute Gasteiger partial charge is 0.255 e. The van der Waals surface area contributed by atoms with E-state index < -0.39 is 11.7 Å². The highest BCUT2D eigenvalue weighted by molar-refractivity contribution is 6.05. The molecule has 8 rings (SSSR count). The van der Waals surface area contributed by atoms with Crippen molar-refractivity contribution in [1.82, 2.24) is 25.0 Å². The number of amides is 3. The minimum Gasteiger partial charge on any atom is -0.378 e. The number of piperazine rings is 1. The number of hydrogen-bond donors (Lipinski definition) is 2. The van der Waals surface area contributed by atoms with Crippen LogP contribution in [0.3, 0.4) is 0 Å². The Kier molecular flexibility index (Phi) is 12.4. The van der Waals surface area contributed by atoms with Crippen LogP contribution in [0.2, 0.25) is 0 Å². The standard InChI is InChI=1S/C47H61FN8O4/c1-30(43-42-38(37-9-6-7-10-39(37)51-42)25-31(2)56(43)29-47(3,4)48)27-50-44(49-5)32-11-14-35(15-12-32)60-24-8-19-53-20-22-54(23-21-53)34-13-16-36-33(26-34)28-55(46(36)59)40-17-18-41(57)52-45(40)58/h6-7,9-10,13,16,26-27,31-32,35,40,43,51H,1,8,11-12,14-15,17-25,28-29H2,2-5H3,(H,52,57,58)/b49-44-,50-27-/t31-,32?,35?,40?,43-/m1/s1. The third kappa shape index (κ3) is 8.99. The molecular weight excluding hydrogens is 760 g/mol. The number of H-pyrrole nitrogens is 1. The van der Waals surface area contributed by atoms with E-state index in [1.165, 1.54) is 10.9 Å². The number of nitrogens with zero attached hydrogens (tertiary/aromatic N) is 6. The van der Waals surface area contributed by atoms with Gasteiger partial charge >= 0.3 is 0 Å². The maximum absolute atomic E-state index is 15.2. The Morgan fingerprint density at radius 1 is 1.03 bits per heavy atom. The maximum Gasteiger partial charge on any atom is 0.255 e. The Morgan fingerprint density at radius 2 is 1.80 bits per heavy atom. The summed E-state index contributed by atoms with van der Waals surface area (Å²) in [5.41, 5.74) is 5.62. The molecule has 3 atom stereocenters. The summed E-state index contributed by atoms with van der Waals surface area (Å²) in [5.74, 6) is 0.308. The quantitative estimate of drug-likeness (QED) is 0.0937. The molecule has 320 valence electrons. The second kappa shape index (κ2) is 17.7. The number of piperidine rings is 1. The topological polar surface area (TPSA) is 126 Å². The van der Waals surface area contributed by atoms with Crippen molar-refractivity contribution in [3.63, 3.8) is 0 Å². The van der Waals surface area contributed by atoms with Gasteiger partial charge in [0.15, 0.2) is 0 Å². The number of para-hydroxylation sites is 1. The van der Waals surface area contributed by atoms with Gasteiger partial charge in [0.05, 0.1) is 12.1 Å². The molecule has 1 unspecified atom stereocenters. The van der Waals surface area contributed by atoms with Crippen molar-refractivity contribution >= 4 is 46.4 Å². The predicted molar refractivity (Wildman–Crippen MR) is 235 cm³/mol. The van der Waals surface area contributed by atoms with Crippen LogP contribution in [0.1, 0.15) is 98.9 Å². The van der Waals surface area contributed by atoms with Crippen molar-refractivity contribution in [2.45, 2.75) is 109 Å². The number of aromatic amines is 1. The van der Waals surface area contributed by atoms with E-state index >= 15 is 4.39 Å². The highest BCUT2D eigenvalue weighted by atomic mass is 19.1. The molecule has 2 N–H and O–H groups in total. The van der Waals surface area contributed by atoms with Gasteiger partial charge in [-0.25, -0.2) is 9.38 Å². The van der Waals surface area contributed by atoms with Gasteiger partial charge in [0.25, 0.3) is 5.91 Å². The molecule has 12 nitrogen and oxygen atoms in total. The van der Waals surface area contributed by atoms with Crippen LogP contribution in [0, 0.1) is 5.92 Å². The Balaban J connectivity index is 0.773. The summed E-state index contributed by atoms with van der Waals surface area (Å²) in [6.07, 6.45) is 8.48. The average Bonchev–Trinajstić information content (AvgIpc) is 3.76. The molecule has 1 aliphatic carbocycles. The first kappa shape index (κ1) is 42.0. The minimum absolute atomic E-state index is 0.138. The van der Waals surface area contributed by atoms with E-state index in [1.807, 2.05) is 31.5 Å². The summed E-state index contributed by atoms with van der Waals surface area (Å²) in [7, 11) is 1.82. The van der Waals surface area contributed by atoms with Crippen molar-refractivity contribution in [1.29, 1.82) is 0 Å². The molecule has 13 heteroatoms. The Bertz CT molecular complexity index is 2160. The van der Waals surface area contributed by atoms with Crippen molar-refractivity contribution in [3.8, 4) is 0 Å². The van der Waals surface area contributed by atoms with E-state index in [9.17, 15) is 14.4 Å². The fraction of sp³-hybridized carbons (Fsp3) is 0.553. The highest BCUT2D eigenvalue weighted by Crippen LogP contribution is 2.41. The molecule has 5 aliphatic rings. The first-order chi connectivity index (χ1) is 28.9. The highest BCUT2D eigenvalue weighted by Gasteiger charge is 2.40. The zero-order valence-electron chi connectivity index (χ0n) is 35.7. The number of rotatable bonds is 12. The summed E-state index contributed by atoms with van der Waals surface area (Å²) in [4.78, 5) is 59.1. The monoisotopic (exact) mass is 820 g/mol. The van der Waals surface area contributed by atoms with Crippen LogP contribution < -0.4 is 10.2 Å². The van der Waals surface area contributed by atoms with Gasteiger partial charge in [-0.2, -0.15) is 0 Å². The van der Waals surface area contributed by atoms with Gasteiger partial charge in [0.2, 0.25) is 11.8 Å². The van der Waals surface area contributed by atoms with Crippen molar-refractivity contribution in [2.75, 3.05) is 57.8 Å². The molecule has 2 aromatic carbocycles. The third-order valence-corrected chi connectivity index (χ3v) is 13.3. The van der Waals surface area contributed by atoms with Crippen LogP contribution in [0.25, 0.3) is 10.9 Å². The van der Waals surface area contributed by atoms with E-state index in [0.717, 1.165) is 112 Å². The summed E-state index contributed by atoms with van der Waals surface area (Å²) in [6, 6.07) is 13.7. The van der Waals surface area contributed by atoms with Crippen molar-refractivity contribution in [2.24, 2.45) is 15.9 Å². The molecule has 60 heavy (non-hydrogen) atoms. The normalized spacial score (nSPS) is 25.9. The van der Waals surface area contributed by atoms with E-state index in [-0.39, 0.29) is 48.2 Å². The molecule has 0 radical (unpaired) electrons. The van der Waals surface area contributed by atoms with Gasteiger partial charge in [-0.3, -0.25) is 34.5 Å². The Hall–Kier alpha value is -4.72. The van der Waals surface area contributed by atoms with E-state index in [1.54, 1.807) is 18.7 Å². The van der Waals surface area contributed by atoms with Crippen LogP contribution in [-0.2, 0) is 27.3 Å². The predicted octanol–water partition coefficient (Wildman–Crippen LogP) is 6.41. The zero-order chi connectivity index (χ0) is 42.1. The van der Waals surface area contributed by atoms with Crippen LogP contribution >= 0.6 is 0 Å². The molecule has 0 spiro atoms. The average molecular weight is 821 g/mol. The summed E-state index contributed by atoms with van der Waals surface area (Å²) in [6.45, 7) is 16.1. The molecule has 1 aromatic heterocycles. The van der Waals surface area contributed by atoms with E-state index in [2.05, 4.69) is 67.8 Å². The van der Waals surface area contributed by atoms with Crippen LogP contribution in [-0.4, -0.2) is 126 Å². The van der Waals surface area contributed by atoms with Gasteiger partial charge in [-0.15, -0.1) is 0 Å². The number of benzene rings is 2. The number of alkyl halides is 1. The lowest BCUT2D eigenvalue weighted by Gasteiger charge is -2.43. The molecule has 3 amide bonds. The SMILES string of the molecule is C=C(/C=N\C(=N/C)C1CCC(OCCCN2CCN(c3ccc4c(c3)CN(C3CCC(=O)NC3=O)C4=O)CC2)CC1)[C@@H]1c2[nH]c3ccccc3c2C[C@@H](C)N1CC(C)(C)F.